The highest BCUT2D eigenvalue weighted by Gasteiger charge is 2.13. The van der Waals surface area contributed by atoms with Crippen LogP contribution in [-0.4, -0.2) is 41.0 Å². The monoisotopic (exact) mass is 337 g/mol. The largest absolute Gasteiger partial charge is 0.494 e. The Hall–Kier alpha value is -1.07. The third-order valence-electron chi connectivity index (χ3n) is 3.66. The van der Waals surface area contributed by atoms with Crippen molar-refractivity contribution in [2.45, 2.75) is 32.1 Å². The number of hydrogen-bond acceptors (Lipinski definition) is 4. The molecular formula is C17H23NO2S2. The number of carbonyl (C=O) groups excluding carboxylic acids is 1. The quantitative estimate of drug-likeness (QED) is 0.423. The number of likely N-dealkylation sites (tertiary alicyclic amines) is 1. The Labute approximate surface area is 142 Å². The van der Waals surface area contributed by atoms with E-state index in [0.29, 0.717) is 12.2 Å². The lowest BCUT2D eigenvalue weighted by Gasteiger charge is -2.28. The Morgan fingerprint density at radius 3 is 2.59 bits per heavy atom. The summed E-state index contributed by atoms with van der Waals surface area (Å²) in [6, 6.07) is 7.22. The van der Waals surface area contributed by atoms with Crippen LogP contribution in [0.25, 0.3) is 0 Å². The van der Waals surface area contributed by atoms with Gasteiger partial charge in [0, 0.05) is 24.4 Å². The molecule has 1 heterocycles. The zero-order valence-electron chi connectivity index (χ0n) is 12.8. The van der Waals surface area contributed by atoms with E-state index >= 15 is 0 Å². The van der Waals surface area contributed by atoms with E-state index in [1.54, 1.807) is 23.9 Å². The van der Waals surface area contributed by atoms with Crippen LogP contribution in [0.1, 0.15) is 42.5 Å². The number of piperidine rings is 1. The minimum absolute atomic E-state index is 0.676. The second-order valence-corrected chi connectivity index (χ2v) is 7.13. The fourth-order valence-electron chi connectivity index (χ4n) is 2.36. The highest BCUT2D eigenvalue weighted by Crippen LogP contribution is 2.17. The van der Waals surface area contributed by atoms with Gasteiger partial charge in [0.15, 0.2) is 0 Å². The van der Waals surface area contributed by atoms with Gasteiger partial charge in [-0.1, -0.05) is 24.0 Å². The van der Waals surface area contributed by atoms with Gasteiger partial charge in [0.1, 0.15) is 16.4 Å². The Morgan fingerprint density at radius 1 is 1.18 bits per heavy atom. The molecule has 1 saturated heterocycles. The predicted octanol–water partition coefficient (Wildman–Crippen LogP) is 4.16. The number of rotatable bonds is 7. The molecule has 120 valence electrons. The lowest BCUT2D eigenvalue weighted by Crippen LogP contribution is -2.32. The first-order chi connectivity index (χ1) is 10.8. The Bertz CT molecular complexity index is 470. The van der Waals surface area contributed by atoms with Gasteiger partial charge in [0.25, 0.3) is 0 Å². The third-order valence-corrected chi connectivity index (χ3v) is 5.27. The van der Waals surface area contributed by atoms with Gasteiger partial charge in [-0.3, -0.25) is 4.79 Å². The molecule has 22 heavy (non-hydrogen) atoms. The third kappa shape index (κ3) is 5.97. The van der Waals surface area contributed by atoms with Crippen LogP contribution in [-0.2, 0) is 0 Å². The summed E-state index contributed by atoms with van der Waals surface area (Å²) < 4.78 is 6.72. The fraction of sp³-hybridized carbons (Fsp3) is 0.529. The van der Waals surface area contributed by atoms with Gasteiger partial charge in [-0.05, 0) is 56.4 Å². The van der Waals surface area contributed by atoms with Crippen molar-refractivity contribution in [1.29, 1.82) is 0 Å². The minimum Gasteiger partial charge on any atom is -0.494 e. The van der Waals surface area contributed by atoms with Gasteiger partial charge in [-0.2, -0.15) is 0 Å². The van der Waals surface area contributed by atoms with Crippen molar-refractivity contribution in [2.75, 3.05) is 25.4 Å². The second kappa shape index (κ2) is 9.85. The van der Waals surface area contributed by atoms with Gasteiger partial charge in [-0.25, -0.2) is 0 Å². The van der Waals surface area contributed by atoms with Gasteiger partial charge < -0.3 is 9.64 Å². The molecule has 0 amide bonds. The van der Waals surface area contributed by atoms with Gasteiger partial charge >= 0.3 is 0 Å². The molecule has 5 heteroatoms. The maximum absolute atomic E-state index is 10.6. The lowest BCUT2D eigenvalue weighted by atomic mass is 10.1. The topological polar surface area (TPSA) is 29.5 Å². The summed E-state index contributed by atoms with van der Waals surface area (Å²) in [4.78, 5) is 12.9. The van der Waals surface area contributed by atoms with E-state index in [9.17, 15) is 4.79 Å². The van der Waals surface area contributed by atoms with Crippen LogP contribution >= 0.6 is 24.0 Å². The molecule has 0 aliphatic carbocycles. The minimum atomic E-state index is 0.676. The normalized spacial score (nSPS) is 14.6. The highest BCUT2D eigenvalue weighted by atomic mass is 32.2. The maximum Gasteiger partial charge on any atom is 0.150 e. The number of ether oxygens (including phenoxy) is 1. The summed E-state index contributed by atoms with van der Waals surface area (Å²) in [7, 11) is 0. The number of nitrogens with zero attached hydrogens (tertiary/aromatic N) is 1. The average Bonchev–Trinajstić information content (AvgIpc) is 2.59. The van der Waals surface area contributed by atoms with E-state index in [-0.39, 0.29) is 0 Å². The van der Waals surface area contributed by atoms with E-state index in [1.165, 1.54) is 19.3 Å². The fourth-order valence-corrected chi connectivity index (χ4v) is 3.68. The van der Waals surface area contributed by atoms with Crippen molar-refractivity contribution >= 4 is 34.6 Å². The van der Waals surface area contributed by atoms with Crippen LogP contribution < -0.4 is 4.74 Å². The first kappa shape index (κ1) is 17.3. The number of hydrogen-bond donors (Lipinski definition) is 0. The molecule has 0 bridgehead atoms. The first-order valence-corrected chi connectivity index (χ1v) is 9.29. The molecule has 3 nitrogen and oxygen atoms in total. The van der Waals surface area contributed by atoms with Crippen LogP contribution in [0, 0.1) is 0 Å². The number of thioether (sulfide) groups is 1. The number of aldehydes is 1. The van der Waals surface area contributed by atoms with E-state index in [1.807, 2.05) is 12.1 Å². The van der Waals surface area contributed by atoms with Crippen LogP contribution in [0.5, 0.6) is 5.75 Å². The molecule has 0 saturated carbocycles. The van der Waals surface area contributed by atoms with Crippen LogP contribution in [0.2, 0.25) is 0 Å². The highest BCUT2D eigenvalue weighted by molar-refractivity contribution is 8.22. The van der Waals surface area contributed by atoms with Crippen molar-refractivity contribution in [3.05, 3.63) is 29.8 Å². The first-order valence-electron chi connectivity index (χ1n) is 7.89. The lowest BCUT2D eigenvalue weighted by molar-refractivity contribution is 0.112. The Kier molecular flexibility index (Phi) is 7.74. The summed E-state index contributed by atoms with van der Waals surface area (Å²) in [5.41, 5.74) is 0.676. The zero-order valence-corrected chi connectivity index (χ0v) is 14.5. The van der Waals surface area contributed by atoms with Crippen molar-refractivity contribution in [3.63, 3.8) is 0 Å². The summed E-state index contributed by atoms with van der Waals surface area (Å²) >= 11 is 7.28. The molecule has 0 aromatic heterocycles. The Balaban J connectivity index is 1.53. The molecular weight excluding hydrogens is 314 g/mol. The molecule has 0 spiro atoms. The van der Waals surface area contributed by atoms with Crippen LogP contribution in [0.15, 0.2) is 24.3 Å². The van der Waals surface area contributed by atoms with Gasteiger partial charge in [0.2, 0.25) is 0 Å². The van der Waals surface area contributed by atoms with Crippen molar-refractivity contribution in [2.24, 2.45) is 0 Å². The summed E-state index contributed by atoms with van der Waals surface area (Å²) in [5.74, 6) is 1.88. The van der Waals surface area contributed by atoms with Crippen molar-refractivity contribution in [3.8, 4) is 5.75 Å². The molecule has 1 aliphatic heterocycles. The van der Waals surface area contributed by atoms with E-state index in [0.717, 1.165) is 48.0 Å². The summed E-state index contributed by atoms with van der Waals surface area (Å²) in [6.07, 6.45) is 6.85. The average molecular weight is 338 g/mol. The van der Waals surface area contributed by atoms with Crippen molar-refractivity contribution in [1.82, 2.24) is 4.90 Å². The zero-order chi connectivity index (χ0) is 15.6. The smallest absolute Gasteiger partial charge is 0.150 e. The van der Waals surface area contributed by atoms with Crippen LogP contribution in [0.4, 0.5) is 0 Å². The molecule has 1 aromatic carbocycles. The number of carbonyl (C=O) groups is 1. The molecule has 0 N–H and O–H groups in total. The Morgan fingerprint density at radius 2 is 1.91 bits per heavy atom. The molecule has 1 fully saturated rings. The van der Waals surface area contributed by atoms with Gasteiger partial charge in [-0.15, -0.1) is 0 Å². The van der Waals surface area contributed by atoms with E-state index in [2.05, 4.69) is 4.90 Å². The standard InChI is InChI=1S/C17H23NO2S2/c19-14-15-6-8-16(9-7-15)20-12-4-5-13-22-17(21)18-10-2-1-3-11-18/h6-9,14H,1-5,10-13H2. The van der Waals surface area contributed by atoms with Gasteiger partial charge in [0.05, 0.1) is 6.61 Å². The summed E-state index contributed by atoms with van der Waals surface area (Å²) in [5, 5.41) is 0. The summed E-state index contributed by atoms with van der Waals surface area (Å²) in [6.45, 7) is 2.97. The molecule has 1 aromatic rings. The van der Waals surface area contributed by atoms with Crippen molar-refractivity contribution < 1.29 is 9.53 Å². The molecule has 1 aliphatic rings. The number of thiocarbonyl (C=S) groups is 1. The second-order valence-electron chi connectivity index (χ2n) is 5.40. The predicted molar refractivity (Wildman–Crippen MR) is 97.0 cm³/mol. The van der Waals surface area contributed by atoms with Crippen LogP contribution in [0.3, 0.4) is 0 Å². The van der Waals surface area contributed by atoms with E-state index < -0.39 is 0 Å². The van der Waals surface area contributed by atoms with E-state index in [4.69, 9.17) is 17.0 Å². The SMILES string of the molecule is O=Cc1ccc(OCCCCSC(=S)N2CCCCC2)cc1. The maximum atomic E-state index is 10.6. The molecule has 0 atom stereocenters. The molecule has 0 radical (unpaired) electrons. The number of benzene rings is 1. The molecule has 2 rings (SSSR count). The number of unbranched alkanes of at least 4 members (excludes halogenated alkanes) is 1. The molecule has 0 unspecified atom stereocenters.